The maximum absolute atomic E-state index is 11.1. The summed E-state index contributed by atoms with van der Waals surface area (Å²) < 4.78 is 11.1. The topological polar surface area (TPSA) is 0 Å². The first kappa shape index (κ1) is 5.86. The van der Waals surface area contributed by atoms with E-state index in [1.165, 1.54) is 5.98 Å². The molecule has 0 bridgehead atoms. The van der Waals surface area contributed by atoms with Gasteiger partial charge in [-0.25, -0.2) is 0 Å². The lowest BCUT2D eigenvalue weighted by atomic mass is 9.18. The van der Waals surface area contributed by atoms with Crippen molar-refractivity contribution in [2.75, 3.05) is 0 Å². The van der Waals surface area contributed by atoms with E-state index < -0.39 is 6.49 Å². The van der Waals surface area contributed by atoms with Gasteiger partial charge in [0, 0.05) is 0 Å². The van der Waals surface area contributed by atoms with Crippen LogP contribution < -0.4 is 0 Å². The number of hydrogen-bond acceptors (Lipinski definition) is 0. The zero-order valence-corrected chi connectivity index (χ0v) is 3.39. The van der Waals surface area contributed by atoms with Gasteiger partial charge in [-0.3, -0.25) is 0 Å². The van der Waals surface area contributed by atoms with Gasteiger partial charge in [-0.2, -0.15) is 5.98 Å². The van der Waals surface area contributed by atoms with Gasteiger partial charge in [0.1, 0.15) is 0 Å². The molecule has 28 valence electrons. The number of hydrogen-bond donors (Lipinski definition) is 0. The second kappa shape index (κ2) is 3.07. The lowest BCUT2D eigenvalue weighted by Crippen LogP contribution is -2.15. The molecule has 0 heterocycles. The number of halogens is 1. The second-order valence-electron chi connectivity index (χ2n) is 0.939. The van der Waals surface area contributed by atoms with Gasteiger partial charge in [-0.1, -0.05) is 6.49 Å². The van der Waals surface area contributed by atoms with E-state index >= 15 is 0 Å². The molecule has 0 aromatic heterocycles. The van der Waals surface area contributed by atoms with E-state index in [1.807, 2.05) is 0 Å². The first-order chi connectivity index (χ1) is 2.81. The molecule has 4 heteroatoms. The van der Waals surface area contributed by atoms with Gasteiger partial charge in [0.25, 0.3) is 0 Å². The molecule has 0 saturated carbocycles. The van der Waals surface area contributed by atoms with Crippen LogP contribution in [0.15, 0.2) is 12.6 Å². The first-order valence-corrected chi connectivity index (χ1v) is 1.63. The first-order valence-electron chi connectivity index (χ1n) is 1.63. The summed E-state index contributed by atoms with van der Waals surface area (Å²) in [4.78, 5) is 0. The van der Waals surface area contributed by atoms with Gasteiger partial charge in [0.15, 0.2) is 0 Å². The van der Waals surface area contributed by atoms with Gasteiger partial charge in [0.05, 0.1) is 0 Å². The smallest absolute Gasteiger partial charge is 0.0217 e. The summed E-state index contributed by atoms with van der Waals surface area (Å²) in [7, 11) is 5.31. The summed E-state index contributed by atoms with van der Waals surface area (Å²) in [6.45, 7) is 2.64. The molecule has 0 aromatic carbocycles. The van der Waals surface area contributed by atoms with Crippen molar-refractivity contribution in [1.29, 1.82) is 0 Å². The fourth-order valence-corrected chi connectivity index (χ4v) is 0.0514. The summed E-state index contributed by atoms with van der Waals surface area (Å²) in [5.41, 5.74) is 0. The molecule has 0 atom stereocenters. The highest BCUT2D eigenvalue weighted by Crippen LogP contribution is 1.70. The summed E-state index contributed by atoms with van der Waals surface area (Å²) in [5, 5.41) is 0. The molecule has 4 radical (unpaired) electrons. The van der Waals surface area contributed by atoms with E-state index in [9.17, 15) is 4.32 Å². The SMILES string of the molecule is [B]B([B-]F)C=C. The average Bonchev–Trinajstić information content (AvgIpc) is 1.65. The van der Waals surface area contributed by atoms with E-state index in [4.69, 9.17) is 7.74 Å². The van der Waals surface area contributed by atoms with Crippen LogP contribution in [0.1, 0.15) is 0 Å². The molecular formula is C2H3B3F-. The predicted octanol–water partition coefficient (Wildman–Crippen LogP) is -0.0430. The molecule has 0 saturated heterocycles. The lowest BCUT2D eigenvalue weighted by Gasteiger charge is -2.04. The van der Waals surface area contributed by atoms with E-state index in [-0.39, 0.29) is 0 Å². The molecule has 0 aliphatic rings. The molecule has 0 fully saturated rings. The van der Waals surface area contributed by atoms with Gasteiger partial charge < -0.3 is 4.32 Å². The molecule has 0 amide bonds. The Hall–Kier alpha value is -0.135. The maximum atomic E-state index is 11.1. The van der Waals surface area contributed by atoms with Crippen molar-refractivity contribution in [3.63, 3.8) is 0 Å². The van der Waals surface area contributed by atoms with Crippen molar-refractivity contribution in [3.8, 4) is 0 Å². The van der Waals surface area contributed by atoms with Crippen molar-refractivity contribution in [2.45, 2.75) is 0 Å². The van der Waals surface area contributed by atoms with E-state index in [2.05, 4.69) is 6.58 Å². The highest BCUT2D eigenvalue weighted by Gasteiger charge is 1.76. The van der Waals surface area contributed by atoms with Crippen molar-refractivity contribution < 1.29 is 4.32 Å². The molecule has 0 N–H and O–H groups in total. The van der Waals surface area contributed by atoms with E-state index in [0.717, 1.165) is 0 Å². The Balaban J connectivity index is 2.96. The molecule has 0 rings (SSSR count). The van der Waals surface area contributed by atoms with Crippen molar-refractivity contribution in [1.82, 2.24) is 0 Å². The quantitative estimate of drug-likeness (QED) is 0.407. The normalized spacial score (nSPS) is 7.50. The molecule has 0 spiro atoms. The highest BCUT2D eigenvalue weighted by molar-refractivity contribution is 7.35. The summed E-state index contributed by atoms with van der Waals surface area (Å²) in [6, 6.07) is 0. The third kappa shape index (κ3) is 2.12. The van der Waals surface area contributed by atoms with Gasteiger partial charge in [0.2, 0.25) is 0 Å². The predicted molar refractivity (Wildman–Crippen MR) is 28.6 cm³/mol. The summed E-state index contributed by atoms with van der Waals surface area (Å²) in [5.74, 6) is 1.32. The highest BCUT2D eigenvalue weighted by atomic mass is 19.1. The molecule has 0 aromatic rings. The van der Waals surface area contributed by atoms with Crippen molar-refractivity contribution >= 4 is 21.7 Å². The van der Waals surface area contributed by atoms with Gasteiger partial charge in [-0.05, 0) is 7.74 Å². The van der Waals surface area contributed by atoms with E-state index in [1.54, 1.807) is 0 Å². The Kier molecular flexibility index (Phi) is 3.00. The van der Waals surface area contributed by atoms with Crippen LogP contribution >= 0.6 is 0 Å². The standard InChI is InChI=1S/C2H3B3F/c1-2-5(3)4-6/h2H,1H2/q-1. The van der Waals surface area contributed by atoms with Crippen LogP contribution in [-0.2, 0) is 0 Å². The fourth-order valence-electron chi connectivity index (χ4n) is 0.0514. The minimum absolute atomic E-state index is 0.382. The molecule has 6 heavy (non-hydrogen) atoms. The Bertz CT molecular complexity index is 46.1. The van der Waals surface area contributed by atoms with Gasteiger partial charge >= 0.3 is 0 Å². The number of rotatable bonds is 2. The fraction of sp³-hybridized carbons (Fsp3) is 0. The molecule has 0 nitrogen and oxygen atoms in total. The van der Waals surface area contributed by atoms with Crippen LogP contribution in [0.2, 0.25) is 0 Å². The van der Waals surface area contributed by atoms with Crippen molar-refractivity contribution in [2.24, 2.45) is 0 Å². The average molecular weight is 78.5 g/mol. The van der Waals surface area contributed by atoms with Crippen LogP contribution in [-0.4, -0.2) is 21.7 Å². The minimum atomic E-state index is -0.593. The third-order valence-electron chi connectivity index (χ3n) is 0.418. The van der Waals surface area contributed by atoms with Crippen LogP contribution in [0.3, 0.4) is 0 Å². The van der Waals surface area contributed by atoms with Crippen LogP contribution in [0, 0.1) is 0 Å². The third-order valence-corrected chi connectivity index (χ3v) is 0.418. The Morgan fingerprint density at radius 2 is 2.50 bits per heavy atom. The van der Waals surface area contributed by atoms with Crippen LogP contribution in [0.4, 0.5) is 4.32 Å². The Morgan fingerprint density at radius 3 is 2.50 bits per heavy atom. The maximum Gasteiger partial charge on any atom is -0.0217 e. The van der Waals surface area contributed by atoms with Crippen molar-refractivity contribution in [3.05, 3.63) is 12.6 Å². The zero-order valence-electron chi connectivity index (χ0n) is 3.39. The van der Waals surface area contributed by atoms with Gasteiger partial charge in [-0.15, -0.1) is 14.0 Å². The summed E-state index contributed by atoms with van der Waals surface area (Å²) in [6.07, 6.45) is 0. The monoisotopic (exact) mass is 79.1 g/mol. The molecular weight excluding hydrogens is 75.5 g/mol. The minimum Gasteiger partial charge on any atom is -0.608 e. The molecule has 0 aliphatic carbocycles. The van der Waals surface area contributed by atoms with E-state index in [0.29, 0.717) is 7.45 Å². The Labute approximate surface area is 39.6 Å². The van der Waals surface area contributed by atoms with Crippen LogP contribution in [0.25, 0.3) is 0 Å². The molecule has 0 aliphatic heterocycles. The lowest BCUT2D eigenvalue weighted by molar-refractivity contribution is 0.892. The Morgan fingerprint density at radius 1 is 2.00 bits per heavy atom. The zero-order chi connectivity index (χ0) is 4.99. The second-order valence-corrected chi connectivity index (χ2v) is 0.939. The summed E-state index contributed by atoms with van der Waals surface area (Å²) >= 11 is 0. The molecule has 0 unspecified atom stereocenters. The van der Waals surface area contributed by atoms with Crippen LogP contribution in [0.5, 0.6) is 0 Å². The largest absolute Gasteiger partial charge is 0.608 e.